The minimum Gasteiger partial charge on any atom is -0.486 e. The Morgan fingerprint density at radius 1 is 1.19 bits per heavy atom. The lowest BCUT2D eigenvalue weighted by Crippen LogP contribution is -2.21. The number of carbonyl (C=O) groups excluding carboxylic acids is 1. The molecule has 3 aromatic rings. The third-order valence-electron chi connectivity index (χ3n) is 4.51. The molecule has 0 aliphatic carbocycles. The first-order chi connectivity index (χ1) is 13.1. The van der Waals surface area contributed by atoms with Crippen LogP contribution in [0.2, 0.25) is 0 Å². The van der Waals surface area contributed by atoms with Gasteiger partial charge in [-0.05, 0) is 36.8 Å². The molecule has 0 saturated heterocycles. The van der Waals surface area contributed by atoms with Crippen molar-refractivity contribution in [2.24, 2.45) is 0 Å². The second-order valence-electron chi connectivity index (χ2n) is 6.27. The maximum absolute atomic E-state index is 12.9. The van der Waals surface area contributed by atoms with E-state index in [2.05, 4.69) is 4.98 Å². The van der Waals surface area contributed by atoms with E-state index < -0.39 is 5.97 Å². The van der Waals surface area contributed by atoms with Gasteiger partial charge < -0.3 is 18.8 Å². The SMILES string of the molecule is COC(=O)c1cc2c(=O)n(Cc3ccc4c(c3)OCCO4)ccc2nc1C. The van der Waals surface area contributed by atoms with Gasteiger partial charge in [-0.1, -0.05) is 6.07 Å². The van der Waals surface area contributed by atoms with Crippen LogP contribution in [0.5, 0.6) is 11.5 Å². The average Bonchev–Trinajstić information content (AvgIpc) is 2.69. The number of rotatable bonds is 3. The smallest absolute Gasteiger partial charge is 0.339 e. The van der Waals surface area contributed by atoms with E-state index in [0.717, 1.165) is 5.56 Å². The van der Waals surface area contributed by atoms with Crippen molar-refractivity contribution >= 4 is 16.9 Å². The molecule has 1 aliphatic rings. The molecule has 138 valence electrons. The molecule has 0 N–H and O–H groups in total. The van der Waals surface area contributed by atoms with Gasteiger partial charge in [0.05, 0.1) is 35.8 Å². The van der Waals surface area contributed by atoms with Gasteiger partial charge >= 0.3 is 5.97 Å². The molecule has 0 saturated carbocycles. The van der Waals surface area contributed by atoms with E-state index >= 15 is 0 Å². The van der Waals surface area contributed by atoms with Crippen molar-refractivity contribution in [2.75, 3.05) is 20.3 Å². The van der Waals surface area contributed by atoms with Gasteiger partial charge in [-0.15, -0.1) is 0 Å². The lowest BCUT2D eigenvalue weighted by Gasteiger charge is -2.19. The molecule has 4 rings (SSSR count). The Morgan fingerprint density at radius 2 is 1.96 bits per heavy atom. The highest BCUT2D eigenvalue weighted by Crippen LogP contribution is 2.30. The fourth-order valence-corrected chi connectivity index (χ4v) is 3.13. The number of hydrogen-bond donors (Lipinski definition) is 0. The van der Waals surface area contributed by atoms with Crippen molar-refractivity contribution in [1.29, 1.82) is 0 Å². The molecule has 0 atom stereocenters. The van der Waals surface area contributed by atoms with Gasteiger partial charge in [0.1, 0.15) is 13.2 Å². The first-order valence-electron chi connectivity index (χ1n) is 8.54. The minimum atomic E-state index is -0.511. The first-order valence-corrected chi connectivity index (χ1v) is 8.54. The number of hydrogen-bond acceptors (Lipinski definition) is 6. The molecule has 3 heterocycles. The maximum Gasteiger partial charge on any atom is 0.339 e. The zero-order chi connectivity index (χ0) is 19.0. The fourth-order valence-electron chi connectivity index (χ4n) is 3.13. The van der Waals surface area contributed by atoms with Gasteiger partial charge in [-0.25, -0.2) is 4.79 Å². The molecule has 0 fully saturated rings. The molecule has 0 unspecified atom stereocenters. The molecular weight excluding hydrogens is 348 g/mol. The molecule has 27 heavy (non-hydrogen) atoms. The van der Waals surface area contributed by atoms with E-state index in [1.165, 1.54) is 7.11 Å². The minimum absolute atomic E-state index is 0.222. The molecule has 7 heteroatoms. The number of benzene rings is 1. The number of methoxy groups -OCH3 is 1. The van der Waals surface area contributed by atoms with Crippen LogP contribution in [0.1, 0.15) is 21.6 Å². The summed E-state index contributed by atoms with van der Waals surface area (Å²) in [6, 6.07) is 8.93. The van der Waals surface area contributed by atoms with Crippen molar-refractivity contribution in [1.82, 2.24) is 9.55 Å². The number of pyridine rings is 2. The van der Waals surface area contributed by atoms with Crippen LogP contribution in [-0.4, -0.2) is 35.8 Å². The zero-order valence-electron chi connectivity index (χ0n) is 15.0. The zero-order valence-corrected chi connectivity index (χ0v) is 15.0. The maximum atomic E-state index is 12.9. The van der Waals surface area contributed by atoms with E-state index in [-0.39, 0.29) is 5.56 Å². The van der Waals surface area contributed by atoms with Gasteiger partial charge in [0.25, 0.3) is 5.56 Å². The highest BCUT2D eigenvalue weighted by atomic mass is 16.6. The summed E-state index contributed by atoms with van der Waals surface area (Å²) in [5.41, 5.74) is 2.05. The third-order valence-corrected chi connectivity index (χ3v) is 4.51. The molecule has 1 aliphatic heterocycles. The van der Waals surface area contributed by atoms with Crippen molar-refractivity contribution in [3.8, 4) is 11.5 Å². The Hall–Kier alpha value is -3.35. The van der Waals surface area contributed by atoms with Crippen LogP contribution in [-0.2, 0) is 11.3 Å². The molecule has 0 amide bonds. The van der Waals surface area contributed by atoms with Crippen molar-refractivity contribution in [2.45, 2.75) is 13.5 Å². The molecular formula is C20H18N2O5. The number of ether oxygens (including phenoxy) is 3. The van der Waals surface area contributed by atoms with Crippen LogP contribution >= 0.6 is 0 Å². The number of esters is 1. The summed E-state index contributed by atoms with van der Waals surface area (Å²) in [6.07, 6.45) is 1.70. The van der Waals surface area contributed by atoms with E-state index in [1.54, 1.807) is 29.8 Å². The first kappa shape index (κ1) is 17.1. The van der Waals surface area contributed by atoms with Gasteiger partial charge in [0.2, 0.25) is 0 Å². The van der Waals surface area contributed by atoms with Crippen LogP contribution in [0.4, 0.5) is 0 Å². The van der Waals surface area contributed by atoms with Crippen LogP contribution in [0.25, 0.3) is 10.9 Å². The summed E-state index contributed by atoms with van der Waals surface area (Å²) in [6.45, 7) is 3.12. The number of nitrogens with zero attached hydrogens (tertiary/aromatic N) is 2. The van der Waals surface area contributed by atoms with Gasteiger partial charge in [0.15, 0.2) is 11.5 Å². The number of carbonyl (C=O) groups is 1. The van der Waals surface area contributed by atoms with Crippen LogP contribution in [0, 0.1) is 6.92 Å². The van der Waals surface area contributed by atoms with Crippen LogP contribution in [0.15, 0.2) is 41.3 Å². The van der Waals surface area contributed by atoms with Crippen molar-refractivity contribution in [3.05, 3.63) is 63.7 Å². The molecule has 2 aromatic heterocycles. The highest BCUT2D eigenvalue weighted by molar-refractivity contribution is 5.94. The van der Waals surface area contributed by atoms with Crippen molar-refractivity contribution in [3.63, 3.8) is 0 Å². The number of aryl methyl sites for hydroxylation is 1. The highest BCUT2D eigenvalue weighted by Gasteiger charge is 2.15. The molecule has 0 bridgehead atoms. The number of fused-ring (bicyclic) bond motifs is 2. The Balaban J connectivity index is 1.74. The Labute approximate surface area is 155 Å². The summed E-state index contributed by atoms with van der Waals surface area (Å²) >= 11 is 0. The topological polar surface area (TPSA) is 79.7 Å². The third kappa shape index (κ3) is 3.12. The van der Waals surface area contributed by atoms with E-state index in [4.69, 9.17) is 14.2 Å². The standard InChI is InChI=1S/C20H18N2O5/c1-12-14(20(24)25-2)10-15-16(21-12)5-6-22(19(15)23)11-13-3-4-17-18(9-13)27-8-7-26-17/h3-6,9-10H,7-8,11H2,1-2H3. The predicted molar refractivity (Wildman–Crippen MR) is 98.6 cm³/mol. The summed E-state index contributed by atoms with van der Waals surface area (Å²) < 4.78 is 17.5. The van der Waals surface area contributed by atoms with Gasteiger partial charge in [-0.3, -0.25) is 9.78 Å². The van der Waals surface area contributed by atoms with E-state index in [0.29, 0.717) is 53.4 Å². The normalized spacial score (nSPS) is 12.8. The van der Waals surface area contributed by atoms with Crippen LogP contribution < -0.4 is 15.0 Å². The molecule has 0 spiro atoms. The summed E-state index contributed by atoms with van der Waals surface area (Å²) in [4.78, 5) is 29.2. The summed E-state index contributed by atoms with van der Waals surface area (Å²) in [5.74, 6) is 0.875. The Morgan fingerprint density at radius 3 is 2.74 bits per heavy atom. The quantitative estimate of drug-likeness (QED) is 0.662. The van der Waals surface area contributed by atoms with E-state index in [1.807, 2.05) is 18.2 Å². The van der Waals surface area contributed by atoms with Crippen LogP contribution in [0.3, 0.4) is 0 Å². The van der Waals surface area contributed by atoms with Crippen molar-refractivity contribution < 1.29 is 19.0 Å². The number of aromatic nitrogens is 2. The summed E-state index contributed by atoms with van der Waals surface area (Å²) in [7, 11) is 1.30. The second-order valence-corrected chi connectivity index (χ2v) is 6.27. The summed E-state index contributed by atoms with van der Waals surface area (Å²) in [5, 5.41) is 0.376. The molecule has 1 aromatic carbocycles. The average molecular weight is 366 g/mol. The molecule has 7 nitrogen and oxygen atoms in total. The monoisotopic (exact) mass is 366 g/mol. The predicted octanol–water partition coefficient (Wildman–Crippen LogP) is 2.31. The lowest BCUT2D eigenvalue weighted by molar-refractivity contribution is 0.0599. The van der Waals surface area contributed by atoms with E-state index in [9.17, 15) is 9.59 Å². The largest absolute Gasteiger partial charge is 0.486 e. The second kappa shape index (κ2) is 6.75. The fraction of sp³-hybridized carbons (Fsp3) is 0.250. The lowest BCUT2D eigenvalue weighted by atomic mass is 10.1. The molecule has 0 radical (unpaired) electrons. The van der Waals surface area contributed by atoms with Gasteiger partial charge in [-0.2, -0.15) is 0 Å². The van der Waals surface area contributed by atoms with Gasteiger partial charge in [0, 0.05) is 6.20 Å². The Bertz CT molecular complexity index is 1100. The Kier molecular flexibility index (Phi) is 4.27.